The summed E-state index contributed by atoms with van der Waals surface area (Å²) >= 11 is 5.88. The number of halogens is 6. The van der Waals surface area contributed by atoms with Crippen LogP contribution in [0.3, 0.4) is 0 Å². The van der Waals surface area contributed by atoms with Crippen molar-refractivity contribution in [2.75, 3.05) is 10.7 Å². The van der Waals surface area contributed by atoms with Crippen LogP contribution in [0.2, 0.25) is 5.15 Å². The lowest BCUT2D eigenvalue weighted by Crippen LogP contribution is -2.53. The Balaban J connectivity index is 2.12. The first kappa shape index (κ1) is 23.3. The van der Waals surface area contributed by atoms with Crippen LogP contribution in [0.1, 0.15) is 18.9 Å². The van der Waals surface area contributed by atoms with Gasteiger partial charge in [0, 0.05) is 6.42 Å². The second-order valence-corrected chi connectivity index (χ2v) is 9.29. The molecule has 3 rings (SSSR count). The van der Waals surface area contributed by atoms with Gasteiger partial charge in [0.25, 0.3) is 0 Å². The highest BCUT2D eigenvalue weighted by atomic mass is 35.5. The molecule has 31 heavy (non-hydrogen) atoms. The van der Waals surface area contributed by atoms with Gasteiger partial charge >= 0.3 is 12.3 Å². The minimum Gasteiger partial charge on any atom is -0.274 e. The number of nitrogens with zero attached hydrogens (tertiary/aromatic N) is 3. The van der Waals surface area contributed by atoms with Gasteiger partial charge in [-0.2, -0.15) is 8.78 Å². The highest BCUT2D eigenvalue weighted by Crippen LogP contribution is 2.39. The smallest absolute Gasteiger partial charge is 0.274 e. The molecule has 1 unspecified atom stereocenters. The number of anilines is 1. The predicted octanol–water partition coefficient (Wildman–Crippen LogP) is 4.07. The summed E-state index contributed by atoms with van der Waals surface area (Å²) < 4.78 is 91.5. The first-order valence-electron chi connectivity index (χ1n) is 8.90. The van der Waals surface area contributed by atoms with Gasteiger partial charge in [0.05, 0.1) is 28.2 Å². The van der Waals surface area contributed by atoms with E-state index in [1.165, 1.54) is 25.1 Å². The maximum absolute atomic E-state index is 14.3. The maximum atomic E-state index is 14.3. The molecule has 0 saturated carbocycles. The van der Waals surface area contributed by atoms with Gasteiger partial charge in [-0.3, -0.25) is 14.7 Å². The van der Waals surface area contributed by atoms with E-state index >= 15 is 0 Å². The van der Waals surface area contributed by atoms with Gasteiger partial charge in [-0.25, -0.2) is 26.6 Å². The van der Waals surface area contributed by atoms with E-state index in [0.29, 0.717) is 0 Å². The maximum Gasteiger partial charge on any atom is 0.356 e. The molecule has 2 aromatic heterocycles. The van der Waals surface area contributed by atoms with Crippen LogP contribution < -0.4 is 4.90 Å². The number of aromatic nitrogens is 2. The van der Waals surface area contributed by atoms with Crippen LogP contribution >= 0.6 is 11.6 Å². The zero-order valence-corrected chi connectivity index (χ0v) is 17.4. The number of pyridine rings is 2. The second-order valence-electron chi connectivity index (χ2n) is 6.66. The van der Waals surface area contributed by atoms with E-state index in [9.17, 15) is 35.2 Å². The number of carbonyl (C=O) groups excluding carboxylic acids is 1. The Morgan fingerprint density at radius 3 is 2.52 bits per heavy atom. The zero-order valence-electron chi connectivity index (χ0n) is 15.8. The van der Waals surface area contributed by atoms with Gasteiger partial charge in [0.1, 0.15) is 10.8 Å². The quantitative estimate of drug-likeness (QED) is 0.351. The van der Waals surface area contributed by atoms with Crippen LogP contribution in [0.25, 0.3) is 11.4 Å². The molecule has 6 nitrogen and oxygen atoms in total. The zero-order chi connectivity index (χ0) is 23.1. The van der Waals surface area contributed by atoms with Gasteiger partial charge in [-0.15, -0.1) is 0 Å². The molecule has 1 atom stereocenters. The molecule has 0 aromatic carbocycles. The summed E-state index contributed by atoms with van der Waals surface area (Å²) in [6.45, 7) is 1.42. The lowest BCUT2D eigenvalue weighted by Gasteiger charge is -2.34. The van der Waals surface area contributed by atoms with Crippen molar-refractivity contribution in [3.8, 4) is 11.4 Å². The number of rotatable bonds is 6. The summed E-state index contributed by atoms with van der Waals surface area (Å²) in [5.41, 5.74) is -0.400. The minimum absolute atomic E-state index is 0.0152. The summed E-state index contributed by atoms with van der Waals surface area (Å²) in [6.07, 6.45) is -7.53. The van der Waals surface area contributed by atoms with Crippen molar-refractivity contribution in [3.05, 3.63) is 35.1 Å². The van der Waals surface area contributed by atoms with E-state index in [4.69, 9.17) is 11.6 Å². The molecule has 13 heteroatoms. The monoisotopic (exact) mass is 483 g/mol. The molecule has 1 aliphatic heterocycles. The fourth-order valence-electron chi connectivity index (χ4n) is 3.07. The minimum atomic E-state index is -5.10. The summed E-state index contributed by atoms with van der Waals surface area (Å²) in [5, 5.41) is -0.0400. The van der Waals surface area contributed by atoms with E-state index in [-0.39, 0.29) is 44.1 Å². The Bertz CT molecular complexity index is 1130. The Morgan fingerprint density at radius 2 is 1.90 bits per heavy atom. The van der Waals surface area contributed by atoms with Crippen molar-refractivity contribution in [1.82, 2.24) is 9.97 Å². The topological polar surface area (TPSA) is 80.2 Å². The molecule has 0 N–H and O–H groups in total. The Kier molecular flexibility index (Phi) is 6.25. The van der Waals surface area contributed by atoms with E-state index in [0.717, 1.165) is 6.20 Å². The normalized spacial score (nSPS) is 15.9. The van der Waals surface area contributed by atoms with Crippen molar-refractivity contribution in [3.63, 3.8) is 0 Å². The Hall–Kier alpha value is -2.34. The molecule has 2 aromatic rings. The lowest BCUT2D eigenvalue weighted by molar-refractivity contribution is -0.173. The van der Waals surface area contributed by atoms with Crippen molar-refractivity contribution < 1.29 is 35.2 Å². The third-order valence-corrected chi connectivity index (χ3v) is 6.69. The van der Waals surface area contributed by atoms with Crippen LogP contribution in [0, 0.1) is 0 Å². The van der Waals surface area contributed by atoms with Gasteiger partial charge in [-0.05, 0) is 30.2 Å². The number of hydrogen-bond donors (Lipinski definition) is 0. The van der Waals surface area contributed by atoms with E-state index in [2.05, 4.69) is 9.97 Å². The third-order valence-electron chi connectivity index (χ3n) is 4.72. The molecule has 168 valence electrons. The number of amides is 1. The van der Waals surface area contributed by atoms with Crippen LogP contribution in [-0.4, -0.2) is 48.7 Å². The van der Waals surface area contributed by atoms with E-state index in [1.54, 1.807) is 0 Å². The predicted molar refractivity (Wildman–Crippen MR) is 102 cm³/mol. The second kappa shape index (κ2) is 8.30. The number of fused-ring (bicyclic) bond motifs is 1. The first-order chi connectivity index (χ1) is 14.4. The standard InChI is InChI=1S/C18H15ClF5N3O3S/c1-2-31(29,30)12-4-5-13(19)26-15(12)10-7-9-3-6-14(28)27(11(9)8-25-10)17(22)18(23,24)16(20)21/h4-5,7-8,16-17H,2-3,6H2,1H3. The van der Waals surface area contributed by atoms with Crippen molar-refractivity contribution in [2.45, 2.75) is 43.3 Å². The highest BCUT2D eigenvalue weighted by Gasteiger charge is 2.54. The third kappa shape index (κ3) is 4.22. The summed E-state index contributed by atoms with van der Waals surface area (Å²) in [5.74, 6) is -6.45. The average Bonchev–Trinajstić information content (AvgIpc) is 2.72. The number of alkyl halides is 5. The van der Waals surface area contributed by atoms with E-state index < -0.39 is 46.5 Å². The molecule has 0 radical (unpaired) electrons. The van der Waals surface area contributed by atoms with Crippen LogP contribution in [0.5, 0.6) is 0 Å². The molecule has 1 aliphatic rings. The summed E-state index contributed by atoms with van der Waals surface area (Å²) in [7, 11) is -3.75. The Morgan fingerprint density at radius 1 is 1.23 bits per heavy atom. The molecule has 0 aliphatic carbocycles. The van der Waals surface area contributed by atoms with Crippen molar-refractivity contribution in [1.29, 1.82) is 0 Å². The summed E-state index contributed by atoms with van der Waals surface area (Å²) in [4.78, 5) is 19.8. The number of hydrogen-bond acceptors (Lipinski definition) is 5. The molecular weight excluding hydrogens is 469 g/mol. The Labute approximate surface area is 179 Å². The van der Waals surface area contributed by atoms with Crippen LogP contribution in [-0.2, 0) is 21.1 Å². The van der Waals surface area contributed by atoms with Crippen molar-refractivity contribution >= 4 is 33.0 Å². The van der Waals surface area contributed by atoms with Gasteiger partial charge in [0.2, 0.25) is 12.2 Å². The first-order valence-corrected chi connectivity index (χ1v) is 10.9. The van der Waals surface area contributed by atoms with Crippen LogP contribution in [0.15, 0.2) is 29.3 Å². The van der Waals surface area contributed by atoms with E-state index in [1.807, 2.05) is 0 Å². The summed E-state index contributed by atoms with van der Waals surface area (Å²) in [6, 6.07) is 3.75. The molecule has 0 spiro atoms. The largest absolute Gasteiger partial charge is 0.356 e. The lowest BCUT2D eigenvalue weighted by atomic mass is 10.0. The van der Waals surface area contributed by atoms with Gasteiger partial charge in [0.15, 0.2) is 9.84 Å². The van der Waals surface area contributed by atoms with Crippen LogP contribution in [0.4, 0.5) is 27.6 Å². The number of carbonyl (C=O) groups is 1. The molecule has 0 saturated heterocycles. The number of aryl methyl sites for hydroxylation is 1. The fraction of sp³-hybridized carbons (Fsp3) is 0.389. The van der Waals surface area contributed by atoms with Gasteiger partial charge < -0.3 is 0 Å². The average molecular weight is 484 g/mol. The molecule has 1 amide bonds. The fourth-order valence-corrected chi connectivity index (χ4v) is 4.25. The molecule has 0 fully saturated rings. The van der Waals surface area contributed by atoms with Gasteiger partial charge in [-0.1, -0.05) is 18.5 Å². The molecule has 0 bridgehead atoms. The number of sulfone groups is 1. The molecule has 3 heterocycles. The SMILES string of the molecule is CCS(=O)(=O)c1ccc(Cl)nc1-c1cc2c(cn1)N(C(F)C(F)(F)C(F)F)C(=O)CC2. The van der Waals surface area contributed by atoms with Crippen molar-refractivity contribution in [2.24, 2.45) is 0 Å². The highest BCUT2D eigenvalue weighted by molar-refractivity contribution is 7.91. The molecular formula is C18H15ClF5N3O3S.